The normalized spacial score (nSPS) is 17.5. The predicted octanol–water partition coefficient (Wildman–Crippen LogP) is 3.93. The minimum atomic E-state index is -3.06. The summed E-state index contributed by atoms with van der Waals surface area (Å²) in [4.78, 5) is 0. The van der Waals surface area contributed by atoms with Crippen molar-refractivity contribution in [3.8, 4) is 5.75 Å². The Bertz CT molecular complexity index is 554. The minimum Gasteiger partial charge on any atom is -0.494 e. The van der Waals surface area contributed by atoms with Crippen LogP contribution in [0.5, 0.6) is 5.75 Å². The van der Waals surface area contributed by atoms with E-state index < -0.39 is 14.6 Å². The second kappa shape index (κ2) is 6.39. The second-order valence-corrected chi connectivity index (χ2v) is 8.89. The highest BCUT2D eigenvalue weighted by atomic mass is 32.2. The maximum absolute atomic E-state index is 12.4. The van der Waals surface area contributed by atoms with Crippen LogP contribution >= 0.6 is 0 Å². The fourth-order valence-corrected chi connectivity index (χ4v) is 4.78. The van der Waals surface area contributed by atoms with E-state index in [9.17, 15) is 8.42 Å². The first-order valence-electron chi connectivity index (χ1n) is 7.87. The van der Waals surface area contributed by atoms with E-state index in [1.165, 1.54) is 0 Å². The summed E-state index contributed by atoms with van der Waals surface area (Å²) in [6, 6.07) is 7.66. The van der Waals surface area contributed by atoms with E-state index in [0.717, 1.165) is 37.0 Å². The van der Waals surface area contributed by atoms with Crippen LogP contribution in [-0.2, 0) is 14.6 Å². The molecule has 1 aromatic carbocycles. The molecule has 0 radical (unpaired) electrons. The molecule has 0 bridgehead atoms. The van der Waals surface area contributed by atoms with Gasteiger partial charge in [-0.15, -0.1) is 0 Å². The third kappa shape index (κ3) is 3.25. The summed E-state index contributed by atoms with van der Waals surface area (Å²) in [5.74, 6) is 1.65. The molecule has 0 aromatic heterocycles. The van der Waals surface area contributed by atoms with Gasteiger partial charge in [0, 0.05) is 5.75 Å². The van der Waals surface area contributed by atoms with Gasteiger partial charge in [0.15, 0.2) is 9.84 Å². The van der Waals surface area contributed by atoms with Crippen molar-refractivity contribution in [3.05, 3.63) is 29.8 Å². The van der Waals surface area contributed by atoms with Gasteiger partial charge >= 0.3 is 0 Å². The van der Waals surface area contributed by atoms with Gasteiger partial charge in [-0.3, -0.25) is 0 Å². The molecule has 1 saturated carbocycles. The smallest absolute Gasteiger partial charge is 0.159 e. The largest absolute Gasteiger partial charge is 0.494 e. The van der Waals surface area contributed by atoms with Crippen LogP contribution in [0.15, 0.2) is 24.3 Å². The maximum Gasteiger partial charge on any atom is 0.159 e. The van der Waals surface area contributed by atoms with Crippen LogP contribution in [0, 0.1) is 5.92 Å². The molecule has 118 valence electrons. The average molecular weight is 310 g/mol. The van der Waals surface area contributed by atoms with Gasteiger partial charge in [-0.1, -0.05) is 32.9 Å². The Hall–Kier alpha value is -1.03. The van der Waals surface area contributed by atoms with Crippen molar-refractivity contribution >= 4 is 9.84 Å². The lowest BCUT2D eigenvalue weighted by Crippen LogP contribution is -2.43. The molecular formula is C17H26O3S. The zero-order chi connectivity index (χ0) is 15.5. The van der Waals surface area contributed by atoms with Gasteiger partial charge in [0.2, 0.25) is 0 Å². The molecule has 1 aromatic rings. The van der Waals surface area contributed by atoms with E-state index in [0.29, 0.717) is 12.5 Å². The summed E-state index contributed by atoms with van der Waals surface area (Å²) in [6.07, 6.45) is 3.51. The Morgan fingerprint density at radius 2 is 1.81 bits per heavy atom. The lowest BCUT2D eigenvalue weighted by atomic mass is 9.79. The summed E-state index contributed by atoms with van der Waals surface area (Å²) < 4.78 is 29.9. The molecule has 1 aliphatic rings. The molecule has 0 aliphatic heterocycles. The molecule has 3 nitrogen and oxygen atoms in total. The Morgan fingerprint density at radius 1 is 1.19 bits per heavy atom. The fraction of sp³-hybridized carbons (Fsp3) is 0.647. The van der Waals surface area contributed by atoms with E-state index in [4.69, 9.17) is 4.74 Å². The van der Waals surface area contributed by atoms with Gasteiger partial charge in [-0.2, -0.15) is 0 Å². The maximum atomic E-state index is 12.4. The van der Waals surface area contributed by atoms with Crippen molar-refractivity contribution in [1.82, 2.24) is 0 Å². The molecule has 21 heavy (non-hydrogen) atoms. The molecule has 0 saturated heterocycles. The van der Waals surface area contributed by atoms with Crippen molar-refractivity contribution in [2.45, 2.75) is 51.2 Å². The molecule has 0 heterocycles. The van der Waals surface area contributed by atoms with E-state index >= 15 is 0 Å². The SMILES string of the molecule is CCS(=O)(=O)C1(c2ccc(OCCC(C)C)cc2)CCC1. The van der Waals surface area contributed by atoms with Gasteiger partial charge in [0.25, 0.3) is 0 Å². The van der Waals surface area contributed by atoms with Crippen molar-refractivity contribution in [3.63, 3.8) is 0 Å². The molecule has 0 atom stereocenters. The topological polar surface area (TPSA) is 43.4 Å². The van der Waals surface area contributed by atoms with Gasteiger partial charge in [-0.05, 0) is 49.3 Å². The third-order valence-electron chi connectivity index (χ3n) is 4.48. The molecule has 1 fully saturated rings. The van der Waals surface area contributed by atoms with Crippen LogP contribution < -0.4 is 4.74 Å². The highest BCUT2D eigenvalue weighted by Gasteiger charge is 2.48. The van der Waals surface area contributed by atoms with E-state index in [-0.39, 0.29) is 5.75 Å². The Balaban J connectivity index is 2.11. The summed E-state index contributed by atoms with van der Waals surface area (Å²) in [7, 11) is -3.06. The third-order valence-corrected chi connectivity index (χ3v) is 7.08. The Labute approximate surface area is 128 Å². The second-order valence-electron chi connectivity index (χ2n) is 6.31. The molecule has 0 spiro atoms. The van der Waals surface area contributed by atoms with Gasteiger partial charge < -0.3 is 4.74 Å². The zero-order valence-electron chi connectivity index (χ0n) is 13.3. The number of hydrogen-bond acceptors (Lipinski definition) is 3. The van der Waals surface area contributed by atoms with E-state index in [1.54, 1.807) is 6.92 Å². The van der Waals surface area contributed by atoms with Gasteiger partial charge in [-0.25, -0.2) is 8.42 Å². The first kappa shape index (κ1) is 16.3. The minimum absolute atomic E-state index is 0.208. The van der Waals surface area contributed by atoms with Crippen LogP contribution in [0.3, 0.4) is 0 Å². The highest BCUT2D eigenvalue weighted by molar-refractivity contribution is 7.92. The highest BCUT2D eigenvalue weighted by Crippen LogP contribution is 2.48. The fourth-order valence-electron chi connectivity index (χ4n) is 2.82. The Kier molecular flexibility index (Phi) is 4.97. The van der Waals surface area contributed by atoms with Crippen LogP contribution in [0.4, 0.5) is 0 Å². The molecule has 4 heteroatoms. The molecule has 2 rings (SSSR count). The summed E-state index contributed by atoms with van der Waals surface area (Å²) in [5, 5.41) is 0. The zero-order valence-corrected chi connectivity index (χ0v) is 14.1. The molecule has 1 aliphatic carbocycles. The van der Waals surface area contributed by atoms with Crippen molar-refractivity contribution in [2.24, 2.45) is 5.92 Å². The number of ether oxygens (including phenoxy) is 1. The first-order chi connectivity index (χ1) is 9.91. The first-order valence-corrected chi connectivity index (χ1v) is 9.52. The van der Waals surface area contributed by atoms with Gasteiger partial charge in [0.05, 0.1) is 11.4 Å². The molecule has 0 amide bonds. The van der Waals surface area contributed by atoms with Crippen molar-refractivity contribution in [2.75, 3.05) is 12.4 Å². The lowest BCUT2D eigenvalue weighted by molar-refractivity contribution is 0.289. The summed E-state index contributed by atoms with van der Waals surface area (Å²) in [6.45, 7) is 6.78. The van der Waals surface area contributed by atoms with Crippen LogP contribution in [0.25, 0.3) is 0 Å². The molecule has 0 unspecified atom stereocenters. The summed E-state index contributed by atoms with van der Waals surface area (Å²) in [5.41, 5.74) is 0.923. The molecule has 0 N–H and O–H groups in total. The number of hydrogen-bond donors (Lipinski definition) is 0. The van der Waals surface area contributed by atoms with Crippen LogP contribution in [0.1, 0.15) is 52.0 Å². The monoisotopic (exact) mass is 310 g/mol. The van der Waals surface area contributed by atoms with Gasteiger partial charge in [0.1, 0.15) is 5.75 Å². The standard InChI is InChI=1S/C17H26O3S/c1-4-21(18,19)17(11-5-12-17)15-6-8-16(9-7-15)20-13-10-14(2)3/h6-9,14H,4-5,10-13H2,1-3H3. The molecular weight excluding hydrogens is 284 g/mol. The van der Waals surface area contributed by atoms with Crippen LogP contribution in [0.2, 0.25) is 0 Å². The summed E-state index contributed by atoms with van der Waals surface area (Å²) >= 11 is 0. The predicted molar refractivity (Wildman–Crippen MR) is 86.4 cm³/mol. The number of benzene rings is 1. The quantitative estimate of drug-likeness (QED) is 0.766. The van der Waals surface area contributed by atoms with Crippen molar-refractivity contribution < 1.29 is 13.2 Å². The Morgan fingerprint density at radius 3 is 2.24 bits per heavy atom. The van der Waals surface area contributed by atoms with Crippen LogP contribution in [-0.4, -0.2) is 20.8 Å². The number of sulfone groups is 1. The number of rotatable bonds is 7. The van der Waals surface area contributed by atoms with E-state index in [1.807, 2.05) is 24.3 Å². The van der Waals surface area contributed by atoms with E-state index in [2.05, 4.69) is 13.8 Å². The van der Waals surface area contributed by atoms with Crippen molar-refractivity contribution in [1.29, 1.82) is 0 Å². The lowest BCUT2D eigenvalue weighted by Gasteiger charge is -2.41. The average Bonchev–Trinajstić information content (AvgIpc) is 2.38.